The lowest BCUT2D eigenvalue weighted by molar-refractivity contribution is 0.0697. The zero-order valence-electron chi connectivity index (χ0n) is 7.95. The molecule has 2 aromatic rings. The largest absolute Gasteiger partial charge is 0.478 e. The van der Waals surface area contributed by atoms with Crippen molar-refractivity contribution in [2.45, 2.75) is 6.92 Å². The van der Waals surface area contributed by atoms with Gasteiger partial charge in [-0.3, -0.25) is 4.98 Å². The molecule has 0 aliphatic rings. The van der Waals surface area contributed by atoms with Crippen LogP contribution in [-0.4, -0.2) is 30.8 Å². The van der Waals surface area contributed by atoms with E-state index in [0.717, 1.165) is 5.69 Å². The average Bonchev–Trinajstić information content (AvgIpc) is 2.68. The Bertz CT molecular complexity index is 489. The molecule has 6 heteroatoms. The minimum absolute atomic E-state index is 0.123. The number of nitrogens with zero attached hydrogens (tertiary/aromatic N) is 4. The van der Waals surface area contributed by atoms with Gasteiger partial charge >= 0.3 is 5.97 Å². The van der Waals surface area contributed by atoms with Gasteiger partial charge in [0.1, 0.15) is 0 Å². The molecule has 6 nitrogen and oxygen atoms in total. The molecule has 0 aromatic carbocycles. The first-order valence-corrected chi connectivity index (χ1v) is 4.24. The van der Waals surface area contributed by atoms with Crippen LogP contribution in [-0.2, 0) is 0 Å². The highest BCUT2D eigenvalue weighted by molar-refractivity contribution is 5.86. The maximum absolute atomic E-state index is 10.6. The SMILES string of the molecule is Cc1cnc(-n2cc(C(=O)O)cn2)cn1. The van der Waals surface area contributed by atoms with Gasteiger partial charge in [-0.25, -0.2) is 14.5 Å². The van der Waals surface area contributed by atoms with Gasteiger partial charge in [0, 0.05) is 6.20 Å². The van der Waals surface area contributed by atoms with Crippen LogP contribution in [0.1, 0.15) is 16.1 Å². The number of hydrogen-bond donors (Lipinski definition) is 1. The molecule has 0 radical (unpaired) electrons. The lowest BCUT2D eigenvalue weighted by Crippen LogP contribution is -1.99. The fourth-order valence-electron chi connectivity index (χ4n) is 1.06. The van der Waals surface area contributed by atoms with Crippen LogP contribution in [0.3, 0.4) is 0 Å². The predicted molar refractivity (Wildman–Crippen MR) is 50.9 cm³/mol. The predicted octanol–water partition coefficient (Wildman–Crippen LogP) is 0.669. The number of aromatic carboxylic acids is 1. The summed E-state index contributed by atoms with van der Waals surface area (Å²) in [5.41, 5.74) is 0.918. The fourth-order valence-corrected chi connectivity index (χ4v) is 1.06. The van der Waals surface area contributed by atoms with Gasteiger partial charge in [-0.15, -0.1) is 0 Å². The van der Waals surface area contributed by atoms with Crippen LogP contribution >= 0.6 is 0 Å². The number of carboxylic acid groups (broad SMARTS) is 1. The molecule has 0 spiro atoms. The molecule has 0 saturated heterocycles. The Morgan fingerprint density at radius 3 is 2.67 bits per heavy atom. The van der Waals surface area contributed by atoms with E-state index in [2.05, 4.69) is 15.1 Å². The zero-order valence-corrected chi connectivity index (χ0v) is 7.95. The Hall–Kier alpha value is -2.24. The Balaban J connectivity index is 2.37. The van der Waals surface area contributed by atoms with Gasteiger partial charge in [0.25, 0.3) is 0 Å². The summed E-state index contributed by atoms with van der Waals surface area (Å²) in [5.74, 6) is -0.519. The van der Waals surface area contributed by atoms with Crippen molar-refractivity contribution in [3.63, 3.8) is 0 Å². The third kappa shape index (κ3) is 1.83. The molecule has 76 valence electrons. The highest BCUT2D eigenvalue weighted by Gasteiger charge is 2.07. The summed E-state index contributed by atoms with van der Waals surface area (Å²) in [4.78, 5) is 18.7. The zero-order chi connectivity index (χ0) is 10.8. The van der Waals surface area contributed by atoms with Crippen molar-refractivity contribution in [3.8, 4) is 5.82 Å². The third-order valence-corrected chi connectivity index (χ3v) is 1.83. The molecule has 15 heavy (non-hydrogen) atoms. The van der Waals surface area contributed by atoms with E-state index in [4.69, 9.17) is 5.11 Å². The summed E-state index contributed by atoms with van der Waals surface area (Å²) in [6, 6.07) is 0. The summed E-state index contributed by atoms with van der Waals surface area (Å²) in [5, 5.41) is 12.6. The minimum Gasteiger partial charge on any atom is -0.478 e. The number of rotatable bonds is 2. The van der Waals surface area contributed by atoms with E-state index in [-0.39, 0.29) is 5.56 Å². The molecule has 2 aromatic heterocycles. The van der Waals surface area contributed by atoms with Crippen LogP contribution in [0.15, 0.2) is 24.8 Å². The molecule has 0 saturated carbocycles. The van der Waals surface area contributed by atoms with E-state index in [1.807, 2.05) is 6.92 Å². The maximum atomic E-state index is 10.6. The van der Waals surface area contributed by atoms with E-state index in [1.54, 1.807) is 6.20 Å². The van der Waals surface area contributed by atoms with Gasteiger partial charge in [-0.05, 0) is 6.92 Å². The second-order valence-electron chi connectivity index (χ2n) is 2.99. The molecule has 0 unspecified atom stereocenters. The summed E-state index contributed by atoms with van der Waals surface area (Å²) >= 11 is 0. The molecule has 0 atom stereocenters. The first-order chi connectivity index (χ1) is 7.16. The minimum atomic E-state index is -1.01. The van der Waals surface area contributed by atoms with E-state index >= 15 is 0 Å². The van der Waals surface area contributed by atoms with Crippen LogP contribution in [0, 0.1) is 6.92 Å². The second kappa shape index (κ2) is 3.49. The molecule has 0 aliphatic heterocycles. The lowest BCUT2D eigenvalue weighted by atomic mass is 10.4. The van der Waals surface area contributed by atoms with Crippen molar-refractivity contribution in [3.05, 3.63) is 36.0 Å². The van der Waals surface area contributed by atoms with Gasteiger partial charge in [-0.1, -0.05) is 0 Å². The number of aromatic nitrogens is 4. The number of carboxylic acids is 1. The normalized spacial score (nSPS) is 10.2. The van der Waals surface area contributed by atoms with Crippen LogP contribution in [0.4, 0.5) is 0 Å². The standard InChI is InChI=1S/C9H8N4O2/c1-6-2-11-8(4-10-6)13-5-7(3-12-13)9(14)15/h2-5H,1H3,(H,14,15). The number of aryl methyl sites for hydroxylation is 1. The van der Waals surface area contributed by atoms with Crippen LogP contribution in [0.5, 0.6) is 0 Å². The average molecular weight is 204 g/mol. The van der Waals surface area contributed by atoms with Gasteiger partial charge in [-0.2, -0.15) is 5.10 Å². The topological polar surface area (TPSA) is 80.9 Å². The molecule has 0 aliphatic carbocycles. The maximum Gasteiger partial charge on any atom is 0.338 e. The molecule has 0 amide bonds. The van der Waals surface area contributed by atoms with Gasteiger partial charge in [0.15, 0.2) is 5.82 Å². The molecule has 2 rings (SSSR count). The van der Waals surface area contributed by atoms with Crippen molar-refractivity contribution in [1.82, 2.24) is 19.7 Å². The quantitative estimate of drug-likeness (QED) is 0.777. The van der Waals surface area contributed by atoms with Gasteiger partial charge < -0.3 is 5.11 Å². The Labute approximate surface area is 85.2 Å². The third-order valence-electron chi connectivity index (χ3n) is 1.83. The number of hydrogen-bond acceptors (Lipinski definition) is 4. The Morgan fingerprint density at radius 2 is 2.13 bits per heavy atom. The smallest absolute Gasteiger partial charge is 0.338 e. The van der Waals surface area contributed by atoms with Crippen molar-refractivity contribution in [2.75, 3.05) is 0 Å². The van der Waals surface area contributed by atoms with E-state index in [0.29, 0.717) is 5.82 Å². The second-order valence-corrected chi connectivity index (χ2v) is 2.99. The molecular formula is C9H8N4O2. The summed E-state index contributed by atoms with van der Waals surface area (Å²) in [6.45, 7) is 1.82. The first kappa shape index (κ1) is 9.32. The molecule has 1 N–H and O–H groups in total. The van der Waals surface area contributed by atoms with Crippen molar-refractivity contribution < 1.29 is 9.90 Å². The summed E-state index contributed by atoms with van der Waals surface area (Å²) in [7, 11) is 0. The summed E-state index contributed by atoms with van der Waals surface area (Å²) < 4.78 is 1.37. The summed E-state index contributed by atoms with van der Waals surface area (Å²) in [6.07, 6.45) is 5.79. The highest BCUT2D eigenvalue weighted by Crippen LogP contribution is 2.04. The van der Waals surface area contributed by atoms with Crippen LogP contribution < -0.4 is 0 Å². The van der Waals surface area contributed by atoms with Crippen molar-refractivity contribution >= 4 is 5.97 Å². The van der Waals surface area contributed by atoms with E-state index < -0.39 is 5.97 Å². The molecule has 2 heterocycles. The van der Waals surface area contributed by atoms with Crippen LogP contribution in [0.25, 0.3) is 5.82 Å². The van der Waals surface area contributed by atoms with Gasteiger partial charge in [0.05, 0.1) is 29.8 Å². The monoisotopic (exact) mass is 204 g/mol. The van der Waals surface area contributed by atoms with Gasteiger partial charge in [0.2, 0.25) is 0 Å². The van der Waals surface area contributed by atoms with Crippen molar-refractivity contribution in [1.29, 1.82) is 0 Å². The molecular weight excluding hydrogens is 196 g/mol. The van der Waals surface area contributed by atoms with Crippen LogP contribution in [0.2, 0.25) is 0 Å². The molecule has 0 fully saturated rings. The highest BCUT2D eigenvalue weighted by atomic mass is 16.4. The Morgan fingerprint density at radius 1 is 1.33 bits per heavy atom. The Kier molecular flexibility index (Phi) is 2.17. The van der Waals surface area contributed by atoms with E-state index in [1.165, 1.54) is 23.3 Å². The van der Waals surface area contributed by atoms with Crippen molar-refractivity contribution in [2.24, 2.45) is 0 Å². The number of carbonyl (C=O) groups is 1. The molecule has 0 bridgehead atoms. The fraction of sp³-hybridized carbons (Fsp3) is 0.111. The first-order valence-electron chi connectivity index (χ1n) is 4.24. The lowest BCUT2D eigenvalue weighted by Gasteiger charge is -1.98. The van der Waals surface area contributed by atoms with E-state index in [9.17, 15) is 4.79 Å².